The number of amides is 1. The Hall–Kier alpha value is -1.70. The minimum absolute atomic E-state index is 0.0896. The molecule has 1 amide bonds. The smallest absolute Gasteiger partial charge is 0.316 e. The van der Waals surface area contributed by atoms with E-state index in [1.165, 1.54) is 29.1 Å². The average Bonchev–Trinajstić information content (AvgIpc) is 3.31. The zero-order valence-electron chi connectivity index (χ0n) is 15.1. The fraction of sp³-hybridized carbons (Fsp3) is 0.300. The molecule has 1 aliphatic rings. The average molecular weight is 420 g/mol. The molecule has 27 heavy (non-hydrogen) atoms. The molecule has 142 valence electrons. The fourth-order valence-corrected chi connectivity index (χ4v) is 5.45. The van der Waals surface area contributed by atoms with Crippen molar-refractivity contribution in [3.05, 3.63) is 57.6 Å². The standard InChI is InChI=1S/C20H21NO3S3/c1-3-24-20(23)18-15(16-5-4-10-25-16)11-27-19(18)21-17(22)12-26-14-8-6-13(2)7-9-14/h4-11,18-19H,3,12H2,1-2H3,(H,21,22)/t18-,19+/m0/s1. The number of rotatable bonds is 7. The number of benzene rings is 1. The molecule has 0 aliphatic carbocycles. The lowest BCUT2D eigenvalue weighted by Gasteiger charge is -2.21. The maximum Gasteiger partial charge on any atom is 0.316 e. The Kier molecular flexibility index (Phi) is 7.04. The summed E-state index contributed by atoms with van der Waals surface area (Å²) in [5, 5.41) is 6.60. The summed E-state index contributed by atoms with van der Waals surface area (Å²) >= 11 is 4.53. The number of carbonyl (C=O) groups excluding carboxylic acids is 2. The number of hydrogen-bond acceptors (Lipinski definition) is 6. The number of carbonyl (C=O) groups is 2. The number of nitrogens with one attached hydrogen (secondary N) is 1. The number of aryl methyl sites for hydroxylation is 1. The van der Waals surface area contributed by atoms with Gasteiger partial charge in [0.25, 0.3) is 0 Å². The lowest BCUT2D eigenvalue weighted by Crippen LogP contribution is -2.41. The quantitative estimate of drug-likeness (QED) is 0.527. The number of thiophene rings is 1. The third-order valence-electron chi connectivity index (χ3n) is 4.02. The first kappa shape index (κ1) is 20.0. The lowest BCUT2D eigenvalue weighted by atomic mass is 9.99. The van der Waals surface area contributed by atoms with Crippen LogP contribution >= 0.6 is 34.9 Å². The van der Waals surface area contributed by atoms with Gasteiger partial charge in [-0.05, 0) is 48.4 Å². The number of ether oxygens (including phenoxy) is 1. The predicted molar refractivity (Wildman–Crippen MR) is 114 cm³/mol. The molecule has 1 aromatic carbocycles. The van der Waals surface area contributed by atoms with Crippen LogP contribution in [0.2, 0.25) is 0 Å². The van der Waals surface area contributed by atoms with E-state index in [1.54, 1.807) is 18.3 Å². The molecule has 7 heteroatoms. The van der Waals surface area contributed by atoms with E-state index in [2.05, 4.69) is 5.32 Å². The summed E-state index contributed by atoms with van der Waals surface area (Å²) in [7, 11) is 0. The zero-order chi connectivity index (χ0) is 19.2. The van der Waals surface area contributed by atoms with Gasteiger partial charge in [0.1, 0.15) is 5.92 Å². The minimum Gasteiger partial charge on any atom is -0.465 e. The van der Waals surface area contributed by atoms with Gasteiger partial charge in [-0.25, -0.2) is 0 Å². The Morgan fingerprint density at radius 2 is 2.00 bits per heavy atom. The molecular weight excluding hydrogens is 398 g/mol. The van der Waals surface area contributed by atoms with Crippen molar-refractivity contribution in [2.24, 2.45) is 5.92 Å². The molecule has 2 heterocycles. The molecule has 2 atom stereocenters. The molecule has 0 saturated carbocycles. The van der Waals surface area contributed by atoms with Gasteiger partial charge in [0.05, 0.1) is 17.7 Å². The van der Waals surface area contributed by atoms with Crippen LogP contribution in [-0.2, 0) is 14.3 Å². The Morgan fingerprint density at radius 3 is 2.67 bits per heavy atom. The zero-order valence-corrected chi connectivity index (χ0v) is 17.6. The van der Waals surface area contributed by atoms with Crippen LogP contribution in [0.3, 0.4) is 0 Å². The highest BCUT2D eigenvalue weighted by Gasteiger charge is 2.39. The van der Waals surface area contributed by atoms with Gasteiger partial charge in [-0.2, -0.15) is 0 Å². The van der Waals surface area contributed by atoms with E-state index in [0.717, 1.165) is 15.3 Å². The molecule has 3 rings (SSSR count). The maximum absolute atomic E-state index is 12.5. The number of thioether (sulfide) groups is 2. The summed E-state index contributed by atoms with van der Waals surface area (Å²) in [6.07, 6.45) is 0. The first-order valence-electron chi connectivity index (χ1n) is 8.63. The highest BCUT2D eigenvalue weighted by Crippen LogP contribution is 2.42. The second-order valence-corrected chi connectivity index (χ2v) is 9.02. The van der Waals surface area contributed by atoms with E-state index in [-0.39, 0.29) is 17.3 Å². The van der Waals surface area contributed by atoms with E-state index in [9.17, 15) is 9.59 Å². The molecule has 1 aromatic heterocycles. The SMILES string of the molecule is CCOC(=O)[C@H]1C(c2cccs2)=CS[C@H]1NC(=O)CSc1ccc(C)cc1. The molecule has 0 saturated heterocycles. The third kappa shape index (κ3) is 5.18. The van der Waals surface area contributed by atoms with Crippen LogP contribution in [0.15, 0.2) is 52.1 Å². The Morgan fingerprint density at radius 1 is 1.22 bits per heavy atom. The van der Waals surface area contributed by atoms with E-state index in [1.807, 2.05) is 54.1 Å². The Balaban J connectivity index is 1.63. The summed E-state index contributed by atoms with van der Waals surface area (Å²) in [4.78, 5) is 27.1. The summed E-state index contributed by atoms with van der Waals surface area (Å²) in [6, 6.07) is 12.0. The van der Waals surface area contributed by atoms with E-state index in [0.29, 0.717) is 12.4 Å². The molecule has 1 aliphatic heterocycles. The second-order valence-electron chi connectivity index (χ2n) is 6.01. The van der Waals surface area contributed by atoms with Gasteiger partial charge in [0.2, 0.25) is 5.91 Å². The van der Waals surface area contributed by atoms with Crippen LogP contribution in [0.5, 0.6) is 0 Å². The number of esters is 1. The highest BCUT2D eigenvalue weighted by atomic mass is 32.2. The summed E-state index contributed by atoms with van der Waals surface area (Å²) in [5.41, 5.74) is 2.11. The van der Waals surface area contributed by atoms with Gasteiger partial charge in [-0.1, -0.05) is 23.8 Å². The fourth-order valence-electron chi connectivity index (χ4n) is 2.70. The summed E-state index contributed by atoms with van der Waals surface area (Å²) in [6.45, 7) is 4.15. The van der Waals surface area contributed by atoms with Crippen LogP contribution in [0.4, 0.5) is 0 Å². The Labute approximate surface area is 171 Å². The van der Waals surface area contributed by atoms with Crippen molar-refractivity contribution >= 4 is 52.3 Å². The van der Waals surface area contributed by atoms with Gasteiger partial charge in [0.15, 0.2) is 0 Å². The van der Waals surface area contributed by atoms with Crippen molar-refractivity contribution in [3.63, 3.8) is 0 Å². The van der Waals surface area contributed by atoms with Gasteiger partial charge in [-0.15, -0.1) is 34.9 Å². The van der Waals surface area contributed by atoms with Gasteiger partial charge in [0, 0.05) is 9.77 Å². The van der Waals surface area contributed by atoms with Crippen molar-refractivity contribution in [3.8, 4) is 0 Å². The molecule has 0 fully saturated rings. The Bertz CT molecular complexity index is 816. The molecular formula is C20H21NO3S3. The lowest BCUT2D eigenvalue weighted by molar-refractivity contribution is -0.146. The summed E-state index contributed by atoms with van der Waals surface area (Å²) in [5.74, 6) is -0.557. The summed E-state index contributed by atoms with van der Waals surface area (Å²) < 4.78 is 5.26. The molecule has 1 N–H and O–H groups in total. The normalized spacial score (nSPS) is 18.8. The first-order chi connectivity index (χ1) is 13.1. The molecule has 0 spiro atoms. The van der Waals surface area contributed by atoms with Crippen molar-refractivity contribution in [2.75, 3.05) is 12.4 Å². The van der Waals surface area contributed by atoms with Crippen LogP contribution < -0.4 is 5.32 Å². The second kappa shape index (κ2) is 9.48. The van der Waals surface area contributed by atoms with Gasteiger partial charge in [-0.3, -0.25) is 9.59 Å². The van der Waals surface area contributed by atoms with E-state index < -0.39 is 5.92 Å². The van der Waals surface area contributed by atoms with Crippen molar-refractivity contribution < 1.29 is 14.3 Å². The highest BCUT2D eigenvalue weighted by molar-refractivity contribution is 8.03. The molecule has 0 radical (unpaired) electrons. The van der Waals surface area contributed by atoms with Crippen LogP contribution in [-0.4, -0.2) is 29.6 Å². The van der Waals surface area contributed by atoms with Crippen molar-refractivity contribution in [2.45, 2.75) is 24.1 Å². The predicted octanol–water partition coefficient (Wildman–Crippen LogP) is 4.56. The van der Waals surface area contributed by atoms with Crippen molar-refractivity contribution in [1.82, 2.24) is 5.32 Å². The molecule has 2 aromatic rings. The molecule has 0 unspecified atom stereocenters. The van der Waals surface area contributed by atoms with Gasteiger partial charge < -0.3 is 10.1 Å². The minimum atomic E-state index is -0.484. The molecule has 4 nitrogen and oxygen atoms in total. The largest absolute Gasteiger partial charge is 0.465 e. The number of hydrogen-bond donors (Lipinski definition) is 1. The first-order valence-corrected chi connectivity index (χ1v) is 11.4. The van der Waals surface area contributed by atoms with Gasteiger partial charge >= 0.3 is 5.97 Å². The van der Waals surface area contributed by atoms with Crippen LogP contribution in [0.1, 0.15) is 17.4 Å². The van der Waals surface area contributed by atoms with Crippen LogP contribution in [0, 0.1) is 12.8 Å². The topological polar surface area (TPSA) is 55.4 Å². The van der Waals surface area contributed by atoms with E-state index in [4.69, 9.17) is 4.74 Å². The third-order valence-corrected chi connectivity index (χ3v) is 7.02. The van der Waals surface area contributed by atoms with E-state index >= 15 is 0 Å². The monoisotopic (exact) mass is 419 g/mol. The maximum atomic E-state index is 12.5. The van der Waals surface area contributed by atoms with Crippen LogP contribution in [0.25, 0.3) is 5.57 Å². The van der Waals surface area contributed by atoms with Crippen molar-refractivity contribution in [1.29, 1.82) is 0 Å². The molecule has 0 bridgehead atoms.